The number of carbonyl (C=O) groups excluding carboxylic acids is 2. The van der Waals surface area contributed by atoms with Crippen LogP contribution in [0.1, 0.15) is 41.1 Å². The number of anilines is 2. The van der Waals surface area contributed by atoms with Crippen LogP contribution >= 0.6 is 0 Å². The third-order valence-electron chi connectivity index (χ3n) is 3.47. The second kappa shape index (κ2) is 8.05. The molecule has 1 amide bonds. The Morgan fingerprint density at radius 1 is 1.12 bits per heavy atom. The maximum absolute atomic E-state index is 12.2. The van der Waals surface area contributed by atoms with Crippen molar-refractivity contribution in [1.82, 2.24) is 10.2 Å². The van der Waals surface area contributed by atoms with Gasteiger partial charge in [-0.15, -0.1) is 10.2 Å². The summed E-state index contributed by atoms with van der Waals surface area (Å²) in [5, 5.41) is 13.8. The quantitative estimate of drug-likeness (QED) is 0.792. The first-order chi connectivity index (χ1) is 11.5. The fourth-order valence-corrected chi connectivity index (χ4v) is 1.89. The average molecular weight is 328 g/mol. The van der Waals surface area contributed by atoms with Crippen molar-refractivity contribution in [3.8, 4) is 0 Å². The van der Waals surface area contributed by atoms with Gasteiger partial charge in [0, 0.05) is 11.7 Å². The summed E-state index contributed by atoms with van der Waals surface area (Å²) in [6.45, 7) is 4.11. The molecular weight excluding hydrogens is 308 g/mol. The van der Waals surface area contributed by atoms with Gasteiger partial charge in [0.25, 0.3) is 5.91 Å². The summed E-state index contributed by atoms with van der Waals surface area (Å²) >= 11 is 0. The molecule has 1 aromatic carbocycles. The van der Waals surface area contributed by atoms with Gasteiger partial charge in [-0.25, -0.2) is 4.79 Å². The van der Waals surface area contributed by atoms with Crippen LogP contribution < -0.4 is 10.6 Å². The number of hydrogen-bond donors (Lipinski definition) is 2. The van der Waals surface area contributed by atoms with Crippen molar-refractivity contribution >= 4 is 23.4 Å². The smallest absolute Gasteiger partial charge is 0.337 e. The Morgan fingerprint density at radius 3 is 2.38 bits per heavy atom. The highest BCUT2D eigenvalue weighted by molar-refractivity contribution is 6.03. The zero-order chi connectivity index (χ0) is 17.5. The first kappa shape index (κ1) is 17.4. The van der Waals surface area contributed by atoms with Crippen LogP contribution in [0.15, 0.2) is 36.4 Å². The second-order valence-corrected chi connectivity index (χ2v) is 5.28. The molecule has 0 saturated carbocycles. The Bertz CT molecular complexity index is 699. The molecule has 1 aromatic heterocycles. The van der Waals surface area contributed by atoms with E-state index in [2.05, 4.69) is 32.5 Å². The van der Waals surface area contributed by atoms with Crippen LogP contribution in [0.2, 0.25) is 0 Å². The van der Waals surface area contributed by atoms with E-state index >= 15 is 0 Å². The van der Waals surface area contributed by atoms with Gasteiger partial charge in [-0.1, -0.05) is 6.92 Å². The number of ether oxygens (including phenoxy) is 1. The fourth-order valence-electron chi connectivity index (χ4n) is 1.89. The number of benzene rings is 1. The van der Waals surface area contributed by atoms with E-state index in [0.717, 1.165) is 6.42 Å². The summed E-state index contributed by atoms with van der Waals surface area (Å²) in [6.07, 6.45) is 0.964. The van der Waals surface area contributed by atoms with Gasteiger partial charge in [0.15, 0.2) is 5.69 Å². The average Bonchev–Trinajstić information content (AvgIpc) is 2.62. The van der Waals surface area contributed by atoms with Gasteiger partial charge in [0.05, 0.1) is 12.7 Å². The standard InChI is InChI=1S/C17H20N4O3/c1-4-11(2)18-15-10-9-14(20-21-15)16(22)19-13-7-5-12(6-8-13)17(23)24-3/h5-11H,4H2,1-3H3,(H,18,21)(H,19,22). The van der Waals surface area contributed by atoms with E-state index in [9.17, 15) is 9.59 Å². The first-order valence-electron chi connectivity index (χ1n) is 7.63. The van der Waals surface area contributed by atoms with Crippen molar-refractivity contribution in [2.24, 2.45) is 0 Å². The lowest BCUT2D eigenvalue weighted by Gasteiger charge is -2.11. The normalized spacial score (nSPS) is 11.5. The Balaban J connectivity index is 2.00. The summed E-state index contributed by atoms with van der Waals surface area (Å²) < 4.78 is 4.62. The predicted molar refractivity (Wildman–Crippen MR) is 91.1 cm³/mol. The molecule has 1 heterocycles. The molecule has 2 aromatic rings. The number of methoxy groups -OCH3 is 1. The summed E-state index contributed by atoms with van der Waals surface area (Å²) in [5.74, 6) is -0.171. The lowest BCUT2D eigenvalue weighted by atomic mass is 10.2. The number of nitrogens with zero attached hydrogens (tertiary/aromatic N) is 2. The third kappa shape index (κ3) is 4.52. The van der Waals surface area contributed by atoms with E-state index in [1.165, 1.54) is 7.11 Å². The van der Waals surface area contributed by atoms with E-state index < -0.39 is 5.97 Å². The minimum absolute atomic E-state index is 0.210. The Labute approximate surface area is 140 Å². The highest BCUT2D eigenvalue weighted by atomic mass is 16.5. The monoisotopic (exact) mass is 328 g/mol. The lowest BCUT2D eigenvalue weighted by Crippen LogP contribution is -2.17. The van der Waals surface area contributed by atoms with Gasteiger partial charge >= 0.3 is 5.97 Å². The van der Waals surface area contributed by atoms with Crippen LogP contribution in [0.4, 0.5) is 11.5 Å². The van der Waals surface area contributed by atoms with E-state index in [1.54, 1.807) is 36.4 Å². The zero-order valence-electron chi connectivity index (χ0n) is 13.9. The van der Waals surface area contributed by atoms with Crippen molar-refractivity contribution in [2.45, 2.75) is 26.3 Å². The van der Waals surface area contributed by atoms with Gasteiger partial charge in [-0.3, -0.25) is 4.79 Å². The predicted octanol–water partition coefficient (Wildman–Crippen LogP) is 2.73. The van der Waals surface area contributed by atoms with Gasteiger partial charge < -0.3 is 15.4 Å². The van der Waals surface area contributed by atoms with E-state index in [-0.39, 0.29) is 17.6 Å². The van der Waals surface area contributed by atoms with Crippen molar-refractivity contribution in [3.63, 3.8) is 0 Å². The molecule has 0 aliphatic heterocycles. The van der Waals surface area contributed by atoms with Crippen LogP contribution in [0.5, 0.6) is 0 Å². The van der Waals surface area contributed by atoms with Crippen LogP contribution in [-0.2, 0) is 4.74 Å². The van der Waals surface area contributed by atoms with Crippen molar-refractivity contribution in [3.05, 3.63) is 47.7 Å². The maximum atomic E-state index is 12.2. The topological polar surface area (TPSA) is 93.2 Å². The molecule has 0 fully saturated rings. The molecule has 2 N–H and O–H groups in total. The van der Waals surface area contributed by atoms with Crippen molar-refractivity contribution < 1.29 is 14.3 Å². The minimum atomic E-state index is -0.428. The largest absolute Gasteiger partial charge is 0.465 e. The third-order valence-corrected chi connectivity index (χ3v) is 3.47. The van der Waals surface area contributed by atoms with Gasteiger partial charge in [0.1, 0.15) is 5.82 Å². The summed E-state index contributed by atoms with van der Waals surface area (Å²) in [7, 11) is 1.32. The Morgan fingerprint density at radius 2 is 1.83 bits per heavy atom. The highest BCUT2D eigenvalue weighted by Crippen LogP contribution is 2.12. The molecule has 0 saturated heterocycles. The van der Waals surface area contributed by atoms with E-state index in [4.69, 9.17) is 0 Å². The Kier molecular flexibility index (Phi) is 5.83. The van der Waals surface area contributed by atoms with Gasteiger partial charge in [-0.05, 0) is 49.7 Å². The van der Waals surface area contributed by atoms with E-state index in [0.29, 0.717) is 17.1 Å². The summed E-state index contributed by atoms with van der Waals surface area (Å²) in [6, 6.07) is 10.0. The molecule has 126 valence electrons. The number of rotatable bonds is 6. The molecule has 7 nitrogen and oxygen atoms in total. The number of esters is 1. The SMILES string of the molecule is CCC(C)Nc1ccc(C(=O)Nc2ccc(C(=O)OC)cc2)nn1. The minimum Gasteiger partial charge on any atom is -0.465 e. The van der Waals surface area contributed by atoms with Gasteiger partial charge in [-0.2, -0.15) is 0 Å². The number of aromatic nitrogens is 2. The lowest BCUT2D eigenvalue weighted by molar-refractivity contribution is 0.0600. The molecule has 1 atom stereocenters. The number of carbonyl (C=O) groups is 2. The van der Waals surface area contributed by atoms with E-state index in [1.807, 2.05) is 6.92 Å². The van der Waals surface area contributed by atoms with Gasteiger partial charge in [0.2, 0.25) is 0 Å². The molecule has 0 bridgehead atoms. The summed E-state index contributed by atoms with van der Waals surface area (Å²) in [4.78, 5) is 23.5. The van der Waals surface area contributed by atoms with Crippen molar-refractivity contribution in [2.75, 3.05) is 17.7 Å². The van der Waals surface area contributed by atoms with Crippen molar-refractivity contribution in [1.29, 1.82) is 0 Å². The molecule has 2 rings (SSSR count). The van der Waals surface area contributed by atoms with Crippen LogP contribution in [-0.4, -0.2) is 35.2 Å². The molecule has 0 aliphatic rings. The molecule has 0 spiro atoms. The summed E-state index contributed by atoms with van der Waals surface area (Å²) in [5.41, 5.74) is 1.17. The second-order valence-electron chi connectivity index (χ2n) is 5.28. The van der Waals surface area contributed by atoms with Crippen LogP contribution in [0.25, 0.3) is 0 Å². The maximum Gasteiger partial charge on any atom is 0.337 e. The first-order valence-corrected chi connectivity index (χ1v) is 7.63. The van der Waals surface area contributed by atoms with Crippen LogP contribution in [0.3, 0.4) is 0 Å². The molecular formula is C17H20N4O3. The highest BCUT2D eigenvalue weighted by Gasteiger charge is 2.10. The molecule has 24 heavy (non-hydrogen) atoms. The molecule has 7 heteroatoms. The number of nitrogens with one attached hydrogen (secondary N) is 2. The molecule has 1 unspecified atom stereocenters. The Hall–Kier alpha value is -2.96. The van der Waals surface area contributed by atoms with Crippen LogP contribution in [0, 0.1) is 0 Å². The fraction of sp³-hybridized carbons (Fsp3) is 0.294. The number of amides is 1. The molecule has 0 radical (unpaired) electrons. The molecule has 0 aliphatic carbocycles. The zero-order valence-corrected chi connectivity index (χ0v) is 13.9. The number of hydrogen-bond acceptors (Lipinski definition) is 6.